The van der Waals surface area contributed by atoms with Gasteiger partial charge in [-0.15, -0.1) is 0 Å². The molecule has 0 atom stereocenters. The van der Waals surface area contributed by atoms with E-state index in [-0.39, 0.29) is 17.3 Å². The summed E-state index contributed by atoms with van der Waals surface area (Å²) in [5, 5.41) is 3.66. The quantitative estimate of drug-likeness (QED) is 0.832. The Kier molecular flexibility index (Phi) is 4.22. The Labute approximate surface area is 126 Å². The molecule has 1 aromatic heterocycles. The predicted molar refractivity (Wildman–Crippen MR) is 77.8 cm³/mol. The van der Waals surface area contributed by atoms with E-state index in [1.807, 2.05) is 0 Å². The van der Waals surface area contributed by atoms with Gasteiger partial charge in [0.05, 0.1) is 11.2 Å². The van der Waals surface area contributed by atoms with Crippen LogP contribution in [-0.4, -0.2) is 18.2 Å². The van der Waals surface area contributed by atoms with Gasteiger partial charge in [0.15, 0.2) is 5.82 Å². The van der Waals surface area contributed by atoms with Crippen LogP contribution in [0.2, 0.25) is 5.02 Å². The fraction of sp³-hybridized carbons (Fsp3) is 0.250. The Morgan fingerprint density at radius 2 is 2.14 bits per heavy atom. The lowest BCUT2D eigenvalue weighted by Crippen LogP contribution is -2.24. The minimum atomic E-state index is -4.07. The van der Waals surface area contributed by atoms with E-state index in [4.69, 9.17) is 17.3 Å². The number of sulfonamides is 1. The van der Waals surface area contributed by atoms with Gasteiger partial charge in [-0.2, -0.15) is 5.10 Å². The number of anilines is 1. The number of hydrogen-bond donors (Lipinski definition) is 2. The van der Waals surface area contributed by atoms with Crippen LogP contribution in [0.3, 0.4) is 0 Å². The molecule has 3 N–H and O–H groups in total. The van der Waals surface area contributed by atoms with Crippen molar-refractivity contribution in [1.29, 1.82) is 0 Å². The summed E-state index contributed by atoms with van der Waals surface area (Å²) in [6, 6.07) is 2.18. The first kappa shape index (κ1) is 15.7. The van der Waals surface area contributed by atoms with Crippen molar-refractivity contribution in [2.75, 3.05) is 5.73 Å². The SMILES string of the molecule is Cc1c(CNS(=O)(=O)c2cc(N)cc(Cl)c2F)cnn1C. The molecule has 2 aromatic rings. The second-order valence-corrected chi connectivity index (χ2v) is 6.66. The number of halogens is 2. The van der Waals surface area contributed by atoms with Crippen molar-refractivity contribution < 1.29 is 12.8 Å². The van der Waals surface area contributed by atoms with E-state index in [2.05, 4.69) is 9.82 Å². The van der Waals surface area contributed by atoms with Crippen LogP contribution in [0.15, 0.2) is 23.2 Å². The van der Waals surface area contributed by atoms with E-state index >= 15 is 0 Å². The lowest BCUT2D eigenvalue weighted by Gasteiger charge is -2.09. The Morgan fingerprint density at radius 3 is 2.71 bits per heavy atom. The van der Waals surface area contributed by atoms with Crippen molar-refractivity contribution in [2.24, 2.45) is 7.05 Å². The fourth-order valence-electron chi connectivity index (χ4n) is 1.75. The van der Waals surface area contributed by atoms with Crippen LogP contribution in [0.4, 0.5) is 10.1 Å². The number of aromatic nitrogens is 2. The van der Waals surface area contributed by atoms with E-state index in [0.29, 0.717) is 5.56 Å². The Bertz CT molecular complexity index is 789. The first-order valence-electron chi connectivity index (χ1n) is 5.94. The molecule has 0 aliphatic rings. The molecule has 6 nitrogen and oxygen atoms in total. The van der Waals surface area contributed by atoms with Crippen LogP contribution in [0.1, 0.15) is 11.3 Å². The van der Waals surface area contributed by atoms with Crippen molar-refractivity contribution in [2.45, 2.75) is 18.4 Å². The van der Waals surface area contributed by atoms with Crippen molar-refractivity contribution in [3.05, 3.63) is 40.4 Å². The monoisotopic (exact) mass is 332 g/mol. The predicted octanol–water partition coefficient (Wildman–Crippen LogP) is 1.58. The first-order chi connectivity index (χ1) is 9.72. The number of benzene rings is 1. The highest BCUT2D eigenvalue weighted by molar-refractivity contribution is 7.89. The second-order valence-electron chi connectivity index (χ2n) is 4.52. The van der Waals surface area contributed by atoms with E-state index in [9.17, 15) is 12.8 Å². The van der Waals surface area contributed by atoms with Crippen LogP contribution in [-0.2, 0) is 23.6 Å². The molecule has 1 heterocycles. The highest BCUT2D eigenvalue weighted by Gasteiger charge is 2.22. The summed E-state index contributed by atoms with van der Waals surface area (Å²) in [7, 11) is -2.33. The molecule has 0 unspecified atom stereocenters. The normalized spacial score (nSPS) is 11.8. The largest absolute Gasteiger partial charge is 0.399 e. The topological polar surface area (TPSA) is 90.0 Å². The van der Waals surface area contributed by atoms with Crippen molar-refractivity contribution in [1.82, 2.24) is 14.5 Å². The van der Waals surface area contributed by atoms with Crippen molar-refractivity contribution >= 4 is 27.3 Å². The number of hydrogen-bond acceptors (Lipinski definition) is 4. The lowest BCUT2D eigenvalue weighted by molar-refractivity contribution is 0.557. The molecule has 9 heteroatoms. The highest BCUT2D eigenvalue weighted by Crippen LogP contribution is 2.25. The van der Waals surface area contributed by atoms with Gasteiger partial charge in [-0.3, -0.25) is 4.68 Å². The molecule has 0 spiro atoms. The minimum absolute atomic E-state index is 0.00609. The van der Waals surface area contributed by atoms with Crippen LogP contribution < -0.4 is 10.5 Å². The number of nitrogens with zero attached hydrogens (tertiary/aromatic N) is 2. The molecule has 2 rings (SSSR count). The molecule has 0 amide bonds. The molecule has 0 fully saturated rings. The Hall–Kier alpha value is -1.64. The van der Waals surface area contributed by atoms with Crippen LogP contribution >= 0.6 is 11.6 Å². The third-order valence-corrected chi connectivity index (χ3v) is 4.77. The summed E-state index contributed by atoms with van der Waals surface area (Å²) in [5.41, 5.74) is 7.07. The zero-order valence-electron chi connectivity index (χ0n) is 11.4. The van der Waals surface area contributed by atoms with Gasteiger partial charge in [0.25, 0.3) is 0 Å². The number of rotatable bonds is 4. The Morgan fingerprint density at radius 1 is 1.48 bits per heavy atom. The molecule has 0 bridgehead atoms. The summed E-state index contributed by atoms with van der Waals surface area (Å²) in [4.78, 5) is -0.575. The van der Waals surface area contributed by atoms with Gasteiger partial charge in [-0.05, 0) is 19.1 Å². The standard InChI is InChI=1S/C12H14ClFN4O2S/c1-7-8(5-16-18(7)2)6-17-21(19,20)11-4-9(15)3-10(13)12(11)14/h3-5,17H,6,15H2,1-2H3. The molecular weight excluding hydrogens is 319 g/mol. The van der Waals surface area contributed by atoms with Gasteiger partial charge < -0.3 is 5.73 Å². The number of nitrogens with two attached hydrogens (primary N) is 1. The summed E-state index contributed by atoms with van der Waals surface area (Å²) in [6.07, 6.45) is 1.54. The molecule has 0 saturated heterocycles. The van der Waals surface area contributed by atoms with Crippen LogP contribution in [0.25, 0.3) is 0 Å². The molecule has 0 saturated carbocycles. The third-order valence-electron chi connectivity index (χ3n) is 3.10. The fourth-order valence-corrected chi connectivity index (χ4v) is 3.17. The van der Waals surface area contributed by atoms with Crippen molar-refractivity contribution in [3.63, 3.8) is 0 Å². The van der Waals surface area contributed by atoms with Gasteiger partial charge in [0.2, 0.25) is 10.0 Å². The smallest absolute Gasteiger partial charge is 0.243 e. The van der Waals surface area contributed by atoms with Gasteiger partial charge in [-0.1, -0.05) is 11.6 Å². The molecule has 0 aliphatic heterocycles. The average Bonchev–Trinajstić information content (AvgIpc) is 2.72. The summed E-state index contributed by atoms with van der Waals surface area (Å²) < 4.78 is 42.1. The van der Waals surface area contributed by atoms with E-state index in [0.717, 1.165) is 17.8 Å². The van der Waals surface area contributed by atoms with Gasteiger partial charge >= 0.3 is 0 Å². The molecule has 0 radical (unpaired) electrons. The average molecular weight is 333 g/mol. The van der Waals surface area contributed by atoms with Crippen molar-refractivity contribution in [3.8, 4) is 0 Å². The molecule has 0 aliphatic carbocycles. The summed E-state index contributed by atoms with van der Waals surface area (Å²) >= 11 is 5.61. The second kappa shape index (κ2) is 5.63. The van der Waals surface area contributed by atoms with E-state index in [1.165, 1.54) is 0 Å². The van der Waals surface area contributed by atoms with Crippen LogP contribution in [0, 0.1) is 12.7 Å². The van der Waals surface area contributed by atoms with Gasteiger partial charge in [0, 0.05) is 30.5 Å². The molecular formula is C12H14ClFN4O2S. The summed E-state index contributed by atoms with van der Waals surface area (Å²) in [6.45, 7) is 1.79. The zero-order valence-corrected chi connectivity index (χ0v) is 13.0. The number of nitrogen functional groups attached to an aromatic ring is 1. The van der Waals surface area contributed by atoms with E-state index < -0.39 is 20.7 Å². The maximum absolute atomic E-state index is 13.9. The molecule has 21 heavy (non-hydrogen) atoms. The number of nitrogens with one attached hydrogen (secondary N) is 1. The zero-order chi connectivity index (χ0) is 15.8. The van der Waals surface area contributed by atoms with Gasteiger partial charge in [-0.25, -0.2) is 17.5 Å². The van der Waals surface area contributed by atoms with E-state index in [1.54, 1.807) is 24.9 Å². The lowest BCUT2D eigenvalue weighted by atomic mass is 10.3. The molecule has 114 valence electrons. The summed E-state index contributed by atoms with van der Waals surface area (Å²) in [5.74, 6) is -1.03. The maximum Gasteiger partial charge on any atom is 0.243 e. The first-order valence-corrected chi connectivity index (χ1v) is 7.80. The highest BCUT2D eigenvalue weighted by atomic mass is 35.5. The maximum atomic E-state index is 13.9. The number of aryl methyl sites for hydroxylation is 1. The molecule has 1 aromatic carbocycles. The van der Waals surface area contributed by atoms with Gasteiger partial charge in [0.1, 0.15) is 4.90 Å². The minimum Gasteiger partial charge on any atom is -0.399 e. The van der Waals surface area contributed by atoms with Crippen LogP contribution in [0.5, 0.6) is 0 Å². The third kappa shape index (κ3) is 3.17. The Balaban J connectivity index is 2.29.